The van der Waals surface area contributed by atoms with Gasteiger partial charge in [0, 0.05) is 21.9 Å². The minimum Gasteiger partial charge on any atom is -0.496 e. The number of ether oxygens (including phenoxy) is 4. The van der Waals surface area contributed by atoms with Gasteiger partial charge in [-0.05, 0) is 66.6 Å². The molecule has 0 amide bonds. The largest absolute Gasteiger partial charge is 0.496 e. The maximum atomic E-state index is 13.0. The van der Waals surface area contributed by atoms with E-state index in [-0.39, 0.29) is 23.8 Å². The van der Waals surface area contributed by atoms with E-state index in [1.54, 1.807) is 14.2 Å². The van der Waals surface area contributed by atoms with Gasteiger partial charge < -0.3 is 18.9 Å². The average Bonchev–Trinajstić information content (AvgIpc) is 3.43. The molecule has 10 atom stereocenters. The second kappa shape index (κ2) is 7.37. The van der Waals surface area contributed by atoms with Gasteiger partial charge in [-0.15, -0.1) is 0 Å². The van der Waals surface area contributed by atoms with Crippen molar-refractivity contribution in [1.29, 1.82) is 0 Å². The van der Waals surface area contributed by atoms with Gasteiger partial charge in [-0.25, -0.2) is 0 Å². The van der Waals surface area contributed by atoms with Crippen LogP contribution in [-0.2, 0) is 19.1 Å². The minimum atomic E-state index is -0.391. The van der Waals surface area contributed by atoms with Gasteiger partial charge in [0.1, 0.15) is 11.5 Å². The van der Waals surface area contributed by atoms with Gasteiger partial charge in [0.2, 0.25) is 0 Å². The normalized spacial score (nSPS) is 39.3. The molecule has 5 fully saturated rings. The minimum absolute atomic E-state index is 0.176. The highest BCUT2D eigenvalue weighted by Gasteiger charge is 2.73. The number of benzene rings is 2. The average molecular weight is 477 g/mol. The van der Waals surface area contributed by atoms with Crippen LogP contribution in [0.1, 0.15) is 42.2 Å². The Morgan fingerprint density at radius 3 is 1.49 bits per heavy atom. The van der Waals surface area contributed by atoms with Crippen molar-refractivity contribution in [2.45, 2.75) is 31.1 Å². The van der Waals surface area contributed by atoms with Gasteiger partial charge in [0.25, 0.3) is 0 Å². The van der Waals surface area contributed by atoms with Crippen molar-refractivity contribution in [1.82, 2.24) is 0 Å². The number of carbonyl (C=O) groups is 2. The van der Waals surface area contributed by atoms with Crippen LogP contribution in [0.25, 0.3) is 10.8 Å². The van der Waals surface area contributed by atoms with Crippen LogP contribution in [0.3, 0.4) is 0 Å². The highest BCUT2D eigenvalue weighted by Crippen LogP contribution is 2.79. The van der Waals surface area contributed by atoms with Crippen LogP contribution < -0.4 is 9.47 Å². The molecule has 0 unspecified atom stereocenters. The Bertz CT molecular complexity index is 1160. The molecule has 4 bridgehead atoms. The first-order valence-corrected chi connectivity index (χ1v) is 12.9. The van der Waals surface area contributed by atoms with Crippen molar-refractivity contribution in [2.24, 2.45) is 47.3 Å². The molecule has 8 rings (SSSR count). The van der Waals surface area contributed by atoms with E-state index in [1.165, 1.54) is 25.3 Å². The fourth-order valence-electron chi connectivity index (χ4n) is 9.97. The predicted molar refractivity (Wildman–Crippen MR) is 128 cm³/mol. The molecule has 0 spiro atoms. The summed E-state index contributed by atoms with van der Waals surface area (Å²) in [6.07, 6.45) is 3.13. The fraction of sp³-hybridized carbons (Fsp3) is 0.586. The summed E-state index contributed by atoms with van der Waals surface area (Å²) in [5.74, 6) is 3.80. The fourth-order valence-corrected chi connectivity index (χ4v) is 9.97. The Balaban J connectivity index is 1.38. The number of rotatable bonds is 4. The van der Waals surface area contributed by atoms with Crippen molar-refractivity contribution in [3.8, 4) is 11.5 Å². The van der Waals surface area contributed by atoms with E-state index >= 15 is 0 Å². The van der Waals surface area contributed by atoms with Gasteiger partial charge in [0.15, 0.2) is 0 Å². The number of hydrogen-bond donors (Lipinski definition) is 0. The molecular weight excluding hydrogens is 444 g/mol. The van der Waals surface area contributed by atoms with Gasteiger partial charge >= 0.3 is 11.9 Å². The smallest absolute Gasteiger partial charge is 0.309 e. The lowest BCUT2D eigenvalue weighted by molar-refractivity contribution is -0.184. The predicted octanol–water partition coefficient (Wildman–Crippen LogP) is 4.54. The summed E-state index contributed by atoms with van der Waals surface area (Å²) in [6.45, 7) is 0. The standard InChI is InChI=1S/C29H32O6/c1-32-26-12-7-5-6-8-13(12)27(33-2)25-21-17-11-16(20(21)24(25)26)18-14-9-10-15(19(17)18)23(29(31)35-4)22(14)28(30)34-3/h5-8,14-23H,9-11H2,1-4H3/t14-,15+,16+,17-,18-,19+,20+,21-,22-,23-/m1/s1. The van der Waals surface area contributed by atoms with Crippen molar-refractivity contribution < 1.29 is 28.5 Å². The van der Waals surface area contributed by atoms with Crippen molar-refractivity contribution >= 4 is 22.7 Å². The van der Waals surface area contributed by atoms with E-state index in [1.807, 2.05) is 0 Å². The van der Waals surface area contributed by atoms with Crippen LogP contribution in [0.5, 0.6) is 11.5 Å². The van der Waals surface area contributed by atoms with Crippen LogP contribution in [0.15, 0.2) is 24.3 Å². The molecule has 0 aromatic heterocycles. The quantitative estimate of drug-likeness (QED) is 0.604. The molecule has 0 radical (unpaired) electrons. The lowest BCUT2D eigenvalue weighted by Gasteiger charge is -2.61. The Hall–Kier alpha value is -2.76. The van der Waals surface area contributed by atoms with E-state index < -0.39 is 11.8 Å². The highest BCUT2D eigenvalue weighted by atomic mass is 16.5. The summed E-state index contributed by atoms with van der Waals surface area (Å²) < 4.78 is 22.6. The summed E-state index contributed by atoms with van der Waals surface area (Å²) in [4.78, 5) is 26.0. The number of carbonyl (C=O) groups excluding carboxylic acids is 2. The zero-order valence-corrected chi connectivity index (χ0v) is 20.7. The molecule has 5 saturated carbocycles. The Labute approximate surface area is 205 Å². The molecule has 0 aliphatic heterocycles. The maximum Gasteiger partial charge on any atom is 0.309 e. The molecule has 6 aliphatic carbocycles. The molecule has 6 aliphatic rings. The van der Waals surface area contributed by atoms with Gasteiger partial charge in [-0.2, -0.15) is 0 Å². The van der Waals surface area contributed by atoms with Crippen LogP contribution in [-0.4, -0.2) is 40.4 Å². The van der Waals surface area contributed by atoms with Gasteiger partial charge in [0.05, 0.1) is 40.3 Å². The molecule has 2 aromatic rings. The monoisotopic (exact) mass is 476 g/mol. The van der Waals surface area contributed by atoms with Crippen molar-refractivity contribution in [2.75, 3.05) is 28.4 Å². The summed E-state index contributed by atoms with van der Waals surface area (Å²) in [6, 6.07) is 8.35. The third kappa shape index (κ3) is 2.41. The molecule has 2 aromatic carbocycles. The van der Waals surface area contributed by atoms with Crippen molar-refractivity contribution in [3.05, 3.63) is 35.4 Å². The zero-order chi connectivity index (χ0) is 24.2. The summed E-state index contributed by atoms with van der Waals surface area (Å²) in [7, 11) is 6.43. The Kier molecular flexibility index (Phi) is 4.53. The number of fused-ring (bicyclic) bond motifs is 11. The first-order chi connectivity index (χ1) is 17.1. The second-order valence-electron chi connectivity index (χ2n) is 11.2. The van der Waals surface area contributed by atoms with E-state index in [0.29, 0.717) is 35.5 Å². The van der Waals surface area contributed by atoms with Crippen LogP contribution >= 0.6 is 0 Å². The van der Waals surface area contributed by atoms with E-state index in [9.17, 15) is 9.59 Å². The maximum absolute atomic E-state index is 13.0. The lowest BCUT2D eigenvalue weighted by Crippen LogP contribution is -2.59. The molecule has 35 heavy (non-hydrogen) atoms. The zero-order valence-electron chi connectivity index (χ0n) is 20.7. The third-order valence-electron chi connectivity index (χ3n) is 10.6. The highest BCUT2D eigenvalue weighted by molar-refractivity contribution is 5.98. The SMILES string of the molecule is COC(=O)[C@@H]1[C@H]2CC[C@@H]([C@H]1C(=O)OC)[C@@H]1[C@@H]3C[C@@H]([C@H]4c5c(c(OC)c6ccccc6c5OC)[C@@H]34)[C@H]21. The van der Waals surface area contributed by atoms with E-state index in [2.05, 4.69) is 24.3 Å². The molecule has 184 valence electrons. The summed E-state index contributed by atoms with van der Waals surface area (Å²) in [5.41, 5.74) is 2.64. The second-order valence-corrected chi connectivity index (χ2v) is 11.2. The van der Waals surface area contributed by atoms with Crippen LogP contribution in [0, 0.1) is 47.3 Å². The van der Waals surface area contributed by atoms with E-state index in [4.69, 9.17) is 18.9 Å². The number of esters is 2. The Morgan fingerprint density at radius 1 is 0.686 bits per heavy atom. The molecule has 0 N–H and O–H groups in total. The van der Waals surface area contributed by atoms with Crippen molar-refractivity contribution in [3.63, 3.8) is 0 Å². The summed E-state index contributed by atoms with van der Waals surface area (Å²) >= 11 is 0. The van der Waals surface area contributed by atoms with Crippen LogP contribution in [0.2, 0.25) is 0 Å². The third-order valence-corrected chi connectivity index (χ3v) is 10.6. The van der Waals surface area contributed by atoms with Gasteiger partial charge in [-0.1, -0.05) is 24.3 Å². The van der Waals surface area contributed by atoms with E-state index in [0.717, 1.165) is 41.5 Å². The Morgan fingerprint density at radius 2 is 1.11 bits per heavy atom. The summed E-state index contributed by atoms with van der Waals surface area (Å²) in [5, 5.41) is 2.21. The van der Waals surface area contributed by atoms with Gasteiger partial charge in [-0.3, -0.25) is 9.59 Å². The van der Waals surface area contributed by atoms with Crippen LogP contribution in [0.4, 0.5) is 0 Å². The first kappa shape index (κ1) is 21.5. The lowest BCUT2D eigenvalue weighted by atomic mass is 9.42. The molecule has 0 heterocycles. The molecule has 6 heteroatoms. The first-order valence-electron chi connectivity index (χ1n) is 12.9. The number of methoxy groups -OCH3 is 4. The molecular formula is C29H32O6. The molecule has 0 saturated heterocycles. The molecule has 6 nitrogen and oxygen atoms in total. The number of hydrogen-bond acceptors (Lipinski definition) is 6. The topological polar surface area (TPSA) is 71.1 Å².